The molecule has 0 unspecified atom stereocenters. The minimum atomic E-state index is -0.391. The molecule has 35 heavy (non-hydrogen) atoms. The number of hydrogen-bond donors (Lipinski definition) is 2. The van der Waals surface area contributed by atoms with E-state index >= 15 is 0 Å². The average Bonchev–Trinajstić information content (AvgIpc) is 3.59. The molecule has 0 spiro atoms. The van der Waals surface area contributed by atoms with E-state index in [2.05, 4.69) is 35.8 Å². The second kappa shape index (κ2) is 9.61. The summed E-state index contributed by atoms with van der Waals surface area (Å²) in [6.45, 7) is 3.37. The van der Waals surface area contributed by atoms with E-state index in [0.29, 0.717) is 47.5 Å². The highest BCUT2D eigenvalue weighted by atomic mass is 16.5. The number of nitrogens with one attached hydrogen (secondary N) is 2. The summed E-state index contributed by atoms with van der Waals surface area (Å²) in [6, 6.07) is 3.26. The molecule has 1 aliphatic carbocycles. The Morgan fingerprint density at radius 1 is 1.17 bits per heavy atom. The van der Waals surface area contributed by atoms with Crippen LogP contribution in [0.1, 0.15) is 62.1 Å². The first-order chi connectivity index (χ1) is 17.0. The van der Waals surface area contributed by atoms with Gasteiger partial charge < -0.3 is 20.0 Å². The van der Waals surface area contributed by atoms with Crippen LogP contribution in [-0.4, -0.2) is 41.5 Å². The molecule has 0 radical (unpaired) electrons. The number of anilines is 2. The van der Waals surface area contributed by atoms with E-state index in [0.717, 1.165) is 42.6 Å². The fourth-order valence-corrected chi connectivity index (χ4v) is 4.48. The van der Waals surface area contributed by atoms with Gasteiger partial charge in [-0.1, -0.05) is 18.0 Å². The van der Waals surface area contributed by atoms with Crippen LogP contribution >= 0.6 is 0 Å². The molecule has 180 valence electrons. The van der Waals surface area contributed by atoms with Crippen molar-refractivity contribution in [2.45, 2.75) is 58.3 Å². The van der Waals surface area contributed by atoms with E-state index in [1.807, 2.05) is 17.5 Å². The quantitative estimate of drug-likeness (QED) is 0.404. The van der Waals surface area contributed by atoms with Crippen LogP contribution in [0.25, 0.3) is 17.2 Å². The summed E-state index contributed by atoms with van der Waals surface area (Å²) >= 11 is 0. The predicted octanol–water partition coefficient (Wildman–Crippen LogP) is 4.31. The van der Waals surface area contributed by atoms with Gasteiger partial charge in [0.05, 0.1) is 35.7 Å². The second-order valence-electron chi connectivity index (χ2n) is 8.82. The van der Waals surface area contributed by atoms with Crippen molar-refractivity contribution in [3.8, 4) is 11.5 Å². The maximum Gasteiger partial charge on any atom is 0.323 e. The zero-order valence-electron chi connectivity index (χ0n) is 19.6. The summed E-state index contributed by atoms with van der Waals surface area (Å²) in [6.07, 6.45) is 10.1. The van der Waals surface area contributed by atoms with Crippen LogP contribution < -0.4 is 10.6 Å². The highest BCUT2D eigenvalue weighted by Gasteiger charge is 2.24. The Bertz CT molecular complexity index is 1390. The molecule has 0 atom stereocenters. The molecule has 11 nitrogen and oxygen atoms in total. The van der Waals surface area contributed by atoms with Crippen molar-refractivity contribution < 1.29 is 14.1 Å². The number of aromatic nitrogens is 6. The van der Waals surface area contributed by atoms with Crippen LogP contribution in [0.4, 0.5) is 16.2 Å². The molecule has 1 saturated carbocycles. The third kappa shape index (κ3) is 4.88. The van der Waals surface area contributed by atoms with E-state index in [1.165, 1.54) is 6.92 Å². The van der Waals surface area contributed by atoms with Crippen molar-refractivity contribution in [2.75, 3.05) is 10.6 Å². The SMILES string of the molecule is CC(=O)CCc1nc(-c2ncc(NC(=O)Nc3cnc4ccnn4c3C3CCCC3)cc2C)no1. The molecule has 5 rings (SSSR count). The Kier molecular flexibility index (Phi) is 6.21. The summed E-state index contributed by atoms with van der Waals surface area (Å²) in [5.41, 5.74) is 4.24. The summed E-state index contributed by atoms with van der Waals surface area (Å²) in [4.78, 5) is 37.2. The minimum Gasteiger partial charge on any atom is -0.339 e. The number of nitrogens with zero attached hydrogens (tertiary/aromatic N) is 6. The summed E-state index contributed by atoms with van der Waals surface area (Å²) in [5.74, 6) is 1.12. The molecule has 0 saturated heterocycles. The number of Topliss-reactive ketones (excluding diaryl/α,β-unsaturated/α-hetero) is 1. The molecule has 0 bridgehead atoms. The summed E-state index contributed by atoms with van der Waals surface area (Å²) in [7, 11) is 0. The molecule has 11 heteroatoms. The number of fused-ring (bicyclic) bond motifs is 1. The molecule has 2 amide bonds. The Morgan fingerprint density at radius 3 is 2.77 bits per heavy atom. The van der Waals surface area contributed by atoms with Gasteiger partial charge in [0.25, 0.3) is 0 Å². The maximum atomic E-state index is 12.8. The number of amides is 2. The molecule has 4 aromatic rings. The van der Waals surface area contributed by atoms with E-state index in [-0.39, 0.29) is 5.78 Å². The van der Waals surface area contributed by atoms with Crippen molar-refractivity contribution in [2.24, 2.45) is 0 Å². The number of pyridine rings is 1. The van der Waals surface area contributed by atoms with Crippen LogP contribution in [0, 0.1) is 6.92 Å². The summed E-state index contributed by atoms with van der Waals surface area (Å²) in [5, 5.41) is 14.2. The van der Waals surface area contributed by atoms with Crippen LogP contribution in [0.2, 0.25) is 0 Å². The lowest BCUT2D eigenvalue weighted by molar-refractivity contribution is -0.117. The van der Waals surface area contributed by atoms with Gasteiger partial charge >= 0.3 is 6.03 Å². The highest BCUT2D eigenvalue weighted by molar-refractivity contribution is 6.00. The van der Waals surface area contributed by atoms with E-state index in [9.17, 15) is 9.59 Å². The van der Waals surface area contributed by atoms with Gasteiger partial charge in [0.1, 0.15) is 11.5 Å². The van der Waals surface area contributed by atoms with Crippen molar-refractivity contribution >= 4 is 28.8 Å². The molecule has 2 N–H and O–H groups in total. The maximum absolute atomic E-state index is 12.8. The van der Waals surface area contributed by atoms with Crippen LogP contribution in [-0.2, 0) is 11.2 Å². The first kappa shape index (κ1) is 22.6. The largest absolute Gasteiger partial charge is 0.339 e. The second-order valence-corrected chi connectivity index (χ2v) is 8.82. The monoisotopic (exact) mass is 474 g/mol. The molecule has 0 aromatic carbocycles. The van der Waals surface area contributed by atoms with Gasteiger partial charge in [-0.25, -0.2) is 14.3 Å². The lowest BCUT2D eigenvalue weighted by Gasteiger charge is -2.17. The lowest BCUT2D eigenvalue weighted by Crippen LogP contribution is -2.22. The normalized spacial score (nSPS) is 13.9. The van der Waals surface area contributed by atoms with Gasteiger partial charge in [-0.3, -0.25) is 4.98 Å². The Morgan fingerprint density at radius 2 is 2.00 bits per heavy atom. The third-order valence-corrected chi connectivity index (χ3v) is 6.15. The fourth-order valence-electron chi connectivity index (χ4n) is 4.48. The van der Waals surface area contributed by atoms with Crippen LogP contribution in [0.3, 0.4) is 0 Å². The van der Waals surface area contributed by atoms with Crippen molar-refractivity contribution in [3.05, 3.63) is 47.9 Å². The number of rotatable bonds is 7. The zero-order chi connectivity index (χ0) is 24.4. The molecule has 1 fully saturated rings. The highest BCUT2D eigenvalue weighted by Crippen LogP contribution is 2.37. The van der Waals surface area contributed by atoms with Crippen molar-refractivity contribution in [1.29, 1.82) is 0 Å². The number of ketones is 1. The Labute approximate surface area is 201 Å². The minimum absolute atomic E-state index is 0.0587. The molecule has 4 heterocycles. The molecule has 1 aliphatic rings. The number of aryl methyl sites for hydroxylation is 2. The molecular weight excluding hydrogens is 448 g/mol. The third-order valence-electron chi connectivity index (χ3n) is 6.15. The topological polar surface area (TPSA) is 140 Å². The number of carbonyl (C=O) groups excluding carboxylic acids is 2. The van der Waals surface area contributed by atoms with Crippen LogP contribution in [0.5, 0.6) is 0 Å². The summed E-state index contributed by atoms with van der Waals surface area (Å²) < 4.78 is 7.04. The van der Waals surface area contributed by atoms with Gasteiger partial charge in [0.15, 0.2) is 5.65 Å². The molecule has 0 aliphatic heterocycles. The Balaban J connectivity index is 1.30. The van der Waals surface area contributed by atoms with Gasteiger partial charge in [-0.05, 0) is 38.3 Å². The van der Waals surface area contributed by atoms with E-state index in [1.54, 1.807) is 24.7 Å². The van der Waals surface area contributed by atoms with Crippen molar-refractivity contribution in [3.63, 3.8) is 0 Å². The predicted molar refractivity (Wildman–Crippen MR) is 128 cm³/mol. The first-order valence-electron chi connectivity index (χ1n) is 11.7. The van der Waals surface area contributed by atoms with Gasteiger partial charge in [-0.2, -0.15) is 10.1 Å². The molecule has 4 aromatic heterocycles. The van der Waals surface area contributed by atoms with Gasteiger partial charge in [0, 0.05) is 24.8 Å². The standard InChI is InChI=1S/C24H26N8O3/c1-14-11-17(12-26-21(14)23-30-20(35-31-23)8-7-15(2)33)28-24(34)29-18-13-25-19-9-10-27-32(19)22(18)16-5-3-4-6-16/h9-13,16H,3-8H2,1-2H3,(H2,28,29,34). The number of carbonyl (C=O) groups is 2. The first-order valence-corrected chi connectivity index (χ1v) is 11.7. The van der Waals surface area contributed by atoms with Gasteiger partial charge in [0.2, 0.25) is 11.7 Å². The smallest absolute Gasteiger partial charge is 0.323 e. The zero-order valence-corrected chi connectivity index (χ0v) is 19.6. The lowest BCUT2D eigenvalue weighted by atomic mass is 10.0. The van der Waals surface area contributed by atoms with Crippen molar-refractivity contribution in [1.82, 2.24) is 29.7 Å². The van der Waals surface area contributed by atoms with E-state index in [4.69, 9.17) is 4.52 Å². The van der Waals surface area contributed by atoms with Gasteiger partial charge in [-0.15, -0.1) is 0 Å². The Hall–Kier alpha value is -4.15. The van der Waals surface area contributed by atoms with E-state index < -0.39 is 6.03 Å². The number of hydrogen-bond acceptors (Lipinski definition) is 8. The fraction of sp³-hybridized carbons (Fsp3) is 0.375. The molecular formula is C24H26N8O3. The van der Waals surface area contributed by atoms with Crippen LogP contribution in [0.15, 0.2) is 35.2 Å². The average molecular weight is 475 g/mol. The number of urea groups is 1.